The normalized spacial score (nSPS) is 8.20. The molecule has 6 heteroatoms. The minimum absolute atomic E-state index is 0.301. The van der Waals surface area contributed by atoms with Crippen molar-refractivity contribution in [1.29, 1.82) is 0 Å². The Balaban J connectivity index is 0. The summed E-state index contributed by atoms with van der Waals surface area (Å²) in [6, 6.07) is 0. The predicted octanol–water partition coefficient (Wildman–Crippen LogP) is 2.27. The average Bonchev–Trinajstić information content (AvgIpc) is 2.16. The van der Waals surface area contributed by atoms with E-state index in [0.29, 0.717) is 19.8 Å². The molecule has 0 aromatic rings. The van der Waals surface area contributed by atoms with Gasteiger partial charge in [0.05, 0.1) is 19.8 Å². The summed E-state index contributed by atoms with van der Waals surface area (Å²) in [5.41, 5.74) is 0. The second-order valence-electron chi connectivity index (χ2n) is 2.23. The topological polar surface area (TPSA) is 82.1 Å². The van der Waals surface area contributed by atoms with Crippen LogP contribution in [0.5, 0.6) is 0 Å². The average molecular weight is 222 g/mol. The van der Waals surface area contributed by atoms with E-state index in [-0.39, 0.29) is 0 Å². The molecule has 0 saturated carbocycles. The minimum atomic E-state index is -1.19. The largest absolute Gasteiger partial charge is 0.508 e. The Kier molecular flexibility index (Phi) is 13.4. The number of ether oxygens (including phenoxy) is 3. The Bertz CT molecular complexity index is 160. The van der Waals surface area contributed by atoms with E-state index in [1.807, 2.05) is 6.92 Å². The number of carbonyl (C=O) groups is 2. The maximum atomic E-state index is 10.2. The third-order valence-electron chi connectivity index (χ3n) is 0.954. The Morgan fingerprint density at radius 3 is 1.67 bits per heavy atom. The van der Waals surface area contributed by atoms with E-state index in [0.717, 1.165) is 6.42 Å². The summed E-state index contributed by atoms with van der Waals surface area (Å²) in [5, 5.41) is 7.82. The van der Waals surface area contributed by atoms with Crippen LogP contribution in [0.15, 0.2) is 0 Å². The van der Waals surface area contributed by atoms with Gasteiger partial charge in [-0.15, -0.1) is 0 Å². The minimum Gasteiger partial charge on any atom is -0.450 e. The molecular weight excluding hydrogens is 204 g/mol. The first-order chi connectivity index (χ1) is 7.08. The van der Waals surface area contributed by atoms with Gasteiger partial charge in [0.15, 0.2) is 0 Å². The van der Waals surface area contributed by atoms with Crippen LogP contribution in [0.3, 0.4) is 0 Å². The molecule has 0 aliphatic heterocycles. The van der Waals surface area contributed by atoms with Crippen LogP contribution in [0, 0.1) is 0 Å². The summed E-state index contributed by atoms with van der Waals surface area (Å²) in [7, 11) is 0. The fraction of sp³-hybridized carbons (Fsp3) is 0.778. The second-order valence-corrected chi connectivity index (χ2v) is 2.23. The van der Waals surface area contributed by atoms with Crippen molar-refractivity contribution in [2.24, 2.45) is 0 Å². The van der Waals surface area contributed by atoms with Gasteiger partial charge in [0.1, 0.15) is 0 Å². The molecule has 0 rings (SSSR count). The number of hydrogen-bond acceptors (Lipinski definition) is 5. The zero-order chi connectivity index (χ0) is 12.1. The van der Waals surface area contributed by atoms with Gasteiger partial charge in [-0.1, -0.05) is 6.92 Å². The van der Waals surface area contributed by atoms with Crippen molar-refractivity contribution in [3.05, 3.63) is 0 Å². The highest BCUT2D eigenvalue weighted by atomic mass is 16.7. The summed E-state index contributed by atoms with van der Waals surface area (Å²) in [6.07, 6.45) is -1.04. The van der Waals surface area contributed by atoms with Crippen LogP contribution >= 0.6 is 0 Å². The van der Waals surface area contributed by atoms with E-state index >= 15 is 0 Å². The van der Waals surface area contributed by atoms with Gasteiger partial charge in [-0.25, -0.2) is 9.59 Å². The lowest BCUT2D eigenvalue weighted by molar-refractivity contribution is 0.0630. The van der Waals surface area contributed by atoms with Crippen molar-refractivity contribution in [3.8, 4) is 0 Å². The third kappa shape index (κ3) is 19.1. The first kappa shape index (κ1) is 16.0. The Morgan fingerprint density at radius 1 is 1.00 bits per heavy atom. The van der Waals surface area contributed by atoms with Gasteiger partial charge in [0.2, 0.25) is 0 Å². The van der Waals surface area contributed by atoms with Crippen LogP contribution in [0.2, 0.25) is 0 Å². The molecule has 0 unspecified atom stereocenters. The molecule has 0 bridgehead atoms. The maximum Gasteiger partial charge on any atom is 0.508 e. The summed E-state index contributed by atoms with van der Waals surface area (Å²) < 4.78 is 12.9. The molecule has 0 aromatic carbocycles. The highest BCUT2D eigenvalue weighted by Crippen LogP contribution is 1.81. The predicted molar refractivity (Wildman–Crippen MR) is 52.9 cm³/mol. The Morgan fingerprint density at radius 2 is 1.47 bits per heavy atom. The van der Waals surface area contributed by atoms with Crippen LogP contribution in [0.1, 0.15) is 27.2 Å². The van der Waals surface area contributed by atoms with Gasteiger partial charge in [0, 0.05) is 0 Å². The van der Waals surface area contributed by atoms with Gasteiger partial charge in [-0.2, -0.15) is 0 Å². The summed E-state index contributed by atoms with van der Waals surface area (Å²) >= 11 is 0. The zero-order valence-electron chi connectivity index (χ0n) is 9.32. The molecule has 0 heterocycles. The van der Waals surface area contributed by atoms with E-state index in [1.165, 1.54) is 0 Å². The highest BCUT2D eigenvalue weighted by molar-refractivity contribution is 5.59. The molecular formula is C9H18O6. The molecule has 0 fully saturated rings. The van der Waals surface area contributed by atoms with Gasteiger partial charge >= 0.3 is 12.3 Å². The van der Waals surface area contributed by atoms with E-state index in [9.17, 15) is 9.59 Å². The van der Waals surface area contributed by atoms with E-state index in [4.69, 9.17) is 5.11 Å². The SMILES string of the molecule is CCCOC(=O)O.CCOC(=O)OCC. The molecule has 90 valence electrons. The molecule has 0 radical (unpaired) electrons. The van der Waals surface area contributed by atoms with Gasteiger partial charge in [-0.05, 0) is 20.3 Å². The van der Waals surface area contributed by atoms with Crippen LogP contribution in [-0.2, 0) is 14.2 Å². The van der Waals surface area contributed by atoms with Crippen molar-refractivity contribution >= 4 is 12.3 Å². The van der Waals surface area contributed by atoms with Gasteiger partial charge in [-0.3, -0.25) is 0 Å². The van der Waals surface area contributed by atoms with Crippen molar-refractivity contribution in [2.75, 3.05) is 19.8 Å². The van der Waals surface area contributed by atoms with E-state index < -0.39 is 12.3 Å². The van der Waals surface area contributed by atoms with Crippen molar-refractivity contribution in [3.63, 3.8) is 0 Å². The lowest BCUT2D eigenvalue weighted by Crippen LogP contribution is -2.05. The molecule has 0 atom stereocenters. The molecule has 0 aliphatic carbocycles. The molecule has 0 aliphatic rings. The molecule has 15 heavy (non-hydrogen) atoms. The lowest BCUT2D eigenvalue weighted by atomic mass is 10.5. The van der Waals surface area contributed by atoms with E-state index in [2.05, 4.69) is 14.2 Å². The molecule has 0 saturated heterocycles. The van der Waals surface area contributed by atoms with E-state index in [1.54, 1.807) is 13.8 Å². The highest BCUT2D eigenvalue weighted by Gasteiger charge is 1.96. The monoisotopic (exact) mass is 222 g/mol. The standard InChI is InChI=1S/C5H10O3.C4H8O3/c1-3-7-5(6)8-4-2;1-2-3-7-4(5)6/h3-4H2,1-2H3;2-3H2,1H3,(H,5,6). The molecule has 1 N–H and O–H groups in total. The Labute approximate surface area is 89.1 Å². The summed E-state index contributed by atoms with van der Waals surface area (Å²) in [6.45, 7) is 6.36. The van der Waals surface area contributed by atoms with Crippen molar-refractivity contribution in [2.45, 2.75) is 27.2 Å². The first-order valence-electron chi connectivity index (χ1n) is 4.73. The van der Waals surface area contributed by atoms with Crippen molar-refractivity contribution in [1.82, 2.24) is 0 Å². The zero-order valence-corrected chi connectivity index (χ0v) is 9.32. The number of rotatable bonds is 4. The lowest BCUT2D eigenvalue weighted by Gasteiger charge is -1.98. The first-order valence-corrected chi connectivity index (χ1v) is 4.73. The van der Waals surface area contributed by atoms with Crippen LogP contribution in [0.4, 0.5) is 9.59 Å². The quantitative estimate of drug-likeness (QED) is 0.735. The maximum absolute atomic E-state index is 10.2. The van der Waals surface area contributed by atoms with Crippen molar-refractivity contribution < 1.29 is 28.9 Å². The van der Waals surface area contributed by atoms with Crippen LogP contribution in [-0.4, -0.2) is 37.2 Å². The smallest absolute Gasteiger partial charge is 0.450 e. The fourth-order valence-corrected chi connectivity index (χ4v) is 0.467. The summed E-state index contributed by atoms with van der Waals surface area (Å²) in [5.74, 6) is 0. The molecule has 0 aromatic heterocycles. The van der Waals surface area contributed by atoms with Gasteiger partial charge < -0.3 is 19.3 Å². The molecule has 0 spiro atoms. The summed E-state index contributed by atoms with van der Waals surface area (Å²) in [4.78, 5) is 19.7. The van der Waals surface area contributed by atoms with Gasteiger partial charge in [0.25, 0.3) is 0 Å². The third-order valence-corrected chi connectivity index (χ3v) is 0.954. The fourth-order valence-electron chi connectivity index (χ4n) is 0.467. The molecule has 0 amide bonds. The van der Waals surface area contributed by atoms with Crippen LogP contribution in [0.25, 0.3) is 0 Å². The number of carboxylic acid groups (broad SMARTS) is 1. The second kappa shape index (κ2) is 12.5. The number of carbonyl (C=O) groups excluding carboxylic acids is 1. The Hall–Kier alpha value is -1.46. The number of hydrogen-bond donors (Lipinski definition) is 1. The molecule has 6 nitrogen and oxygen atoms in total. The van der Waals surface area contributed by atoms with Crippen LogP contribution < -0.4 is 0 Å².